The lowest BCUT2D eigenvalue weighted by Crippen LogP contribution is -1.69. The average molecular weight is 151 g/mol. The molecule has 0 rings (SSSR count). The van der Waals surface area contributed by atoms with Crippen molar-refractivity contribution < 1.29 is 1.37 Å². The minimum atomic E-state index is 0.622. The van der Waals surface area contributed by atoms with Crippen molar-refractivity contribution >= 4 is 0 Å². The number of hydrogen-bond acceptors (Lipinski definition) is 0. The summed E-state index contributed by atoms with van der Waals surface area (Å²) in [7, 11) is 0. The third-order valence-corrected chi connectivity index (χ3v) is 1.32. The highest BCUT2D eigenvalue weighted by atomic mass is 13.9. The molecule has 0 amide bonds. The molecule has 0 fully saturated rings. The zero-order valence-corrected chi connectivity index (χ0v) is 7.94. The van der Waals surface area contributed by atoms with E-state index >= 15 is 0 Å². The van der Waals surface area contributed by atoms with Gasteiger partial charge in [0.2, 0.25) is 0 Å². The Morgan fingerprint density at radius 3 is 2.36 bits per heavy atom. The highest BCUT2D eigenvalue weighted by Gasteiger charge is 1.79. The lowest BCUT2D eigenvalue weighted by molar-refractivity contribution is 1.26. The van der Waals surface area contributed by atoms with Gasteiger partial charge in [0.15, 0.2) is 0 Å². The summed E-state index contributed by atoms with van der Waals surface area (Å²) in [6, 6.07) is 0.622. The van der Waals surface area contributed by atoms with Crippen LogP contribution in [0.25, 0.3) is 0 Å². The van der Waals surface area contributed by atoms with E-state index < -0.39 is 0 Å². The Balaban J connectivity index is 4.11. The van der Waals surface area contributed by atoms with Crippen LogP contribution in [0, 0.1) is 0 Å². The van der Waals surface area contributed by atoms with E-state index in [1.165, 1.54) is 5.57 Å². The molecule has 0 radical (unpaired) electrons. The van der Waals surface area contributed by atoms with Crippen LogP contribution >= 0.6 is 0 Å². The van der Waals surface area contributed by atoms with Crippen LogP contribution in [-0.4, -0.2) is 0 Å². The van der Waals surface area contributed by atoms with E-state index in [0.717, 1.165) is 12.0 Å². The zero-order chi connectivity index (χ0) is 9.56. The molecule has 0 saturated carbocycles. The Bertz CT molecular complexity index is 215. The SMILES string of the molecule is [2H]C(=C\C)/C(C)=C/CC=C(C)C. The van der Waals surface area contributed by atoms with E-state index in [1.807, 2.05) is 19.9 Å². The molecule has 0 aliphatic carbocycles. The molecular weight excluding hydrogens is 132 g/mol. The largest absolute Gasteiger partial charge is 0.0874 e. The quantitative estimate of drug-likeness (QED) is 0.424. The Kier molecular flexibility index (Phi) is 4.51. The fourth-order valence-corrected chi connectivity index (χ4v) is 0.758. The number of allylic oxidation sites excluding steroid dienone is 6. The molecule has 0 heteroatoms. The van der Waals surface area contributed by atoms with E-state index in [-0.39, 0.29) is 0 Å². The molecule has 62 valence electrons. The van der Waals surface area contributed by atoms with Crippen LogP contribution in [0.5, 0.6) is 0 Å². The van der Waals surface area contributed by atoms with Crippen LogP contribution in [-0.2, 0) is 0 Å². The maximum Gasteiger partial charge on any atom is 0.0622 e. The molecule has 0 spiro atoms. The summed E-state index contributed by atoms with van der Waals surface area (Å²) in [4.78, 5) is 0. The van der Waals surface area contributed by atoms with Crippen LogP contribution in [0.1, 0.15) is 35.5 Å². The minimum Gasteiger partial charge on any atom is -0.0874 e. The monoisotopic (exact) mass is 151 g/mol. The molecule has 0 aromatic heterocycles. The van der Waals surface area contributed by atoms with Gasteiger partial charge in [-0.3, -0.25) is 0 Å². The van der Waals surface area contributed by atoms with Crippen LogP contribution in [0.2, 0.25) is 0 Å². The van der Waals surface area contributed by atoms with Gasteiger partial charge in [0.25, 0.3) is 0 Å². The van der Waals surface area contributed by atoms with Gasteiger partial charge in [0, 0.05) is 0 Å². The topological polar surface area (TPSA) is 0 Å². The minimum absolute atomic E-state index is 0.622. The van der Waals surface area contributed by atoms with Crippen molar-refractivity contribution in [3.05, 3.63) is 35.4 Å². The smallest absolute Gasteiger partial charge is 0.0622 e. The summed E-state index contributed by atoms with van der Waals surface area (Å²) in [6.45, 7) is 8.03. The third-order valence-electron chi connectivity index (χ3n) is 1.32. The summed E-state index contributed by atoms with van der Waals surface area (Å²) in [5.74, 6) is 0. The molecular formula is C11H18. The third kappa shape index (κ3) is 7.11. The maximum atomic E-state index is 7.48. The lowest BCUT2D eigenvalue weighted by Gasteiger charge is -1.90. The standard InChI is InChI=1S/C11H18/c1-5-7-11(4)9-6-8-10(2)3/h5,7-9H,6H2,1-4H3/b7-5+,11-9+/i7D. The molecule has 0 atom stereocenters. The van der Waals surface area contributed by atoms with Gasteiger partial charge in [0.1, 0.15) is 0 Å². The van der Waals surface area contributed by atoms with Gasteiger partial charge in [-0.05, 0) is 34.1 Å². The predicted molar refractivity (Wildman–Crippen MR) is 52.6 cm³/mol. The van der Waals surface area contributed by atoms with Gasteiger partial charge in [0.05, 0.1) is 1.37 Å². The van der Waals surface area contributed by atoms with Crippen LogP contribution in [0.4, 0.5) is 0 Å². The summed E-state index contributed by atoms with van der Waals surface area (Å²) in [5, 5.41) is 0. The average Bonchev–Trinajstić information content (AvgIpc) is 2.02. The molecule has 0 heterocycles. The second-order valence-electron chi connectivity index (χ2n) is 2.84. The first-order chi connectivity index (χ1) is 5.57. The van der Waals surface area contributed by atoms with Crippen molar-refractivity contribution in [1.29, 1.82) is 0 Å². The fourth-order valence-electron chi connectivity index (χ4n) is 0.758. The molecule has 0 unspecified atom stereocenters. The number of rotatable bonds is 3. The first kappa shape index (κ1) is 8.32. The van der Waals surface area contributed by atoms with E-state index in [1.54, 1.807) is 0 Å². The van der Waals surface area contributed by atoms with Crippen LogP contribution in [0.15, 0.2) is 35.4 Å². The second-order valence-corrected chi connectivity index (χ2v) is 2.84. The van der Waals surface area contributed by atoms with Crippen molar-refractivity contribution in [1.82, 2.24) is 0 Å². The molecule has 0 aromatic carbocycles. The number of hydrogen-bond donors (Lipinski definition) is 0. The van der Waals surface area contributed by atoms with Crippen LogP contribution < -0.4 is 0 Å². The normalized spacial score (nSPS) is 14.4. The maximum absolute atomic E-state index is 7.48. The Morgan fingerprint density at radius 2 is 1.91 bits per heavy atom. The van der Waals surface area contributed by atoms with Gasteiger partial charge >= 0.3 is 0 Å². The highest BCUT2D eigenvalue weighted by Crippen LogP contribution is 2.00. The molecule has 11 heavy (non-hydrogen) atoms. The van der Waals surface area contributed by atoms with Gasteiger partial charge < -0.3 is 0 Å². The van der Waals surface area contributed by atoms with Crippen LogP contribution in [0.3, 0.4) is 0 Å². The summed E-state index contributed by atoms with van der Waals surface area (Å²) < 4.78 is 7.48. The van der Waals surface area contributed by atoms with E-state index in [2.05, 4.69) is 26.0 Å². The van der Waals surface area contributed by atoms with Gasteiger partial charge in [-0.15, -0.1) is 0 Å². The predicted octanol–water partition coefficient (Wildman–Crippen LogP) is 3.87. The van der Waals surface area contributed by atoms with Crippen molar-refractivity contribution in [2.75, 3.05) is 0 Å². The lowest BCUT2D eigenvalue weighted by atomic mass is 10.2. The van der Waals surface area contributed by atoms with Crippen molar-refractivity contribution in [3.8, 4) is 0 Å². The summed E-state index contributed by atoms with van der Waals surface area (Å²) in [6.07, 6.45) is 6.99. The van der Waals surface area contributed by atoms with Crippen molar-refractivity contribution in [2.24, 2.45) is 0 Å². The molecule has 0 aromatic rings. The first-order valence-electron chi connectivity index (χ1n) is 4.51. The first-order valence-corrected chi connectivity index (χ1v) is 4.01. The van der Waals surface area contributed by atoms with E-state index in [9.17, 15) is 0 Å². The van der Waals surface area contributed by atoms with Crippen molar-refractivity contribution in [3.63, 3.8) is 0 Å². The molecule has 0 saturated heterocycles. The Morgan fingerprint density at radius 1 is 1.27 bits per heavy atom. The van der Waals surface area contributed by atoms with E-state index in [0.29, 0.717) is 6.05 Å². The summed E-state index contributed by atoms with van der Waals surface area (Å²) >= 11 is 0. The fraction of sp³-hybridized carbons (Fsp3) is 0.455. The zero-order valence-electron chi connectivity index (χ0n) is 8.94. The van der Waals surface area contributed by atoms with Gasteiger partial charge in [-0.25, -0.2) is 0 Å². The Labute approximate surface area is 71.7 Å². The molecule has 0 aliphatic heterocycles. The molecule has 0 N–H and O–H groups in total. The second kappa shape index (κ2) is 5.96. The molecule has 0 bridgehead atoms. The van der Waals surface area contributed by atoms with Gasteiger partial charge in [-0.2, -0.15) is 0 Å². The highest BCUT2D eigenvalue weighted by molar-refractivity contribution is 5.16. The molecule has 0 aliphatic rings. The molecule has 0 nitrogen and oxygen atoms in total. The summed E-state index contributed by atoms with van der Waals surface area (Å²) in [5.41, 5.74) is 2.38. The Hall–Kier alpha value is -0.780. The van der Waals surface area contributed by atoms with E-state index in [4.69, 9.17) is 1.37 Å². The van der Waals surface area contributed by atoms with Gasteiger partial charge in [-0.1, -0.05) is 35.4 Å². The van der Waals surface area contributed by atoms with Crippen molar-refractivity contribution in [2.45, 2.75) is 34.1 Å².